The molecule has 0 aliphatic carbocycles. The van der Waals surface area contributed by atoms with Crippen LogP contribution in [0.1, 0.15) is 48.0 Å². The SMILES string of the molecule is Cc1nc(-c2ccccc2)sc1C(=O)N1CCC[C@H]1C(=O)N1CCC(C)CC1. The van der Waals surface area contributed by atoms with Crippen LogP contribution in [0.3, 0.4) is 0 Å². The van der Waals surface area contributed by atoms with E-state index in [1.807, 2.05) is 42.2 Å². The van der Waals surface area contributed by atoms with E-state index in [0.717, 1.165) is 55.0 Å². The lowest BCUT2D eigenvalue weighted by Crippen LogP contribution is -2.49. The Bertz CT molecular complexity index is 856. The van der Waals surface area contributed by atoms with Gasteiger partial charge in [-0.15, -0.1) is 11.3 Å². The Morgan fingerprint density at radius 3 is 2.50 bits per heavy atom. The van der Waals surface area contributed by atoms with Gasteiger partial charge >= 0.3 is 0 Å². The molecule has 2 aromatic rings. The summed E-state index contributed by atoms with van der Waals surface area (Å²) in [6.07, 6.45) is 3.76. The van der Waals surface area contributed by atoms with Gasteiger partial charge in [0.2, 0.25) is 5.91 Å². The molecule has 148 valence electrons. The molecule has 0 saturated carbocycles. The van der Waals surface area contributed by atoms with Crippen LogP contribution in [0.4, 0.5) is 0 Å². The van der Waals surface area contributed by atoms with Gasteiger partial charge in [0.1, 0.15) is 15.9 Å². The number of piperidine rings is 1. The standard InChI is InChI=1S/C22H27N3O2S/c1-15-10-13-24(14-11-15)21(26)18-9-6-12-25(18)22(27)19-16(2)23-20(28-19)17-7-4-3-5-8-17/h3-5,7-8,15,18H,6,9-14H2,1-2H3/t18-/m0/s1. The number of carbonyl (C=O) groups is 2. The number of benzene rings is 1. The van der Waals surface area contributed by atoms with Gasteiger partial charge in [-0.05, 0) is 38.5 Å². The highest BCUT2D eigenvalue weighted by Gasteiger charge is 2.38. The van der Waals surface area contributed by atoms with E-state index in [1.165, 1.54) is 11.3 Å². The summed E-state index contributed by atoms with van der Waals surface area (Å²) in [6.45, 7) is 6.41. The van der Waals surface area contributed by atoms with Gasteiger partial charge in [-0.3, -0.25) is 9.59 Å². The first kappa shape index (κ1) is 19.1. The molecule has 0 bridgehead atoms. The van der Waals surface area contributed by atoms with Gasteiger partial charge < -0.3 is 9.80 Å². The Kier molecular flexibility index (Phi) is 5.49. The average Bonchev–Trinajstić information content (AvgIpc) is 3.35. The highest BCUT2D eigenvalue weighted by molar-refractivity contribution is 7.17. The zero-order chi connectivity index (χ0) is 19.7. The Labute approximate surface area is 170 Å². The van der Waals surface area contributed by atoms with Crippen molar-refractivity contribution in [3.05, 3.63) is 40.9 Å². The van der Waals surface area contributed by atoms with Gasteiger partial charge in [0.05, 0.1) is 5.69 Å². The first-order chi connectivity index (χ1) is 13.5. The molecule has 28 heavy (non-hydrogen) atoms. The monoisotopic (exact) mass is 397 g/mol. The molecule has 1 aromatic heterocycles. The van der Waals surface area contributed by atoms with Crippen molar-refractivity contribution >= 4 is 23.2 Å². The first-order valence-corrected chi connectivity index (χ1v) is 11.0. The van der Waals surface area contributed by atoms with E-state index in [-0.39, 0.29) is 17.9 Å². The van der Waals surface area contributed by atoms with Crippen LogP contribution in [0.25, 0.3) is 10.6 Å². The number of amides is 2. The minimum absolute atomic E-state index is 0.0431. The summed E-state index contributed by atoms with van der Waals surface area (Å²) in [7, 11) is 0. The zero-order valence-electron chi connectivity index (χ0n) is 16.6. The molecule has 1 atom stereocenters. The maximum Gasteiger partial charge on any atom is 0.266 e. The number of hydrogen-bond acceptors (Lipinski definition) is 4. The van der Waals surface area contributed by atoms with Crippen molar-refractivity contribution in [2.45, 2.75) is 45.6 Å². The summed E-state index contributed by atoms with van der Waals surface area (Å²) in [5.74, 6) is 0.767. The number of rotatable bonds is 3. The van der Waals surface area contributed by atoms with E-state index < -0.39 is 0 Å². The lowest BCUT2D eigenvalue weighted by atomic mass is 9.98. The van der Waals surface area contributed by atoms with E-state index in [9.17, 15) is 9.59 Å². The third kappa shape index (κ3) is 3.70. The number of likely N-dealkylation sites (tertiary alicyclic amines) is 2. The van der Waals surface area contributed by atoms with E-state index in [1.54, 1.807) is 4.90 Å². The fourth-order valence-corrected chi connectivity index (χ4v) is 5.16. The molecule has 5 nitrogen and oxygen atoms in total. The van der Waals surface area contributed by atoms with Crippen LogP contribution in [0.5, 0.6) is 0 Å². The summed E-state index contributed by atoms with van der Waals surface area (Å²) in [4.78, 5) is 35.4. The lowest BCUT2D eigenvalue weighted by molar-refractivity contribution is -0.136. The number of nitrogens with zero attached hydrogens (tertiary/aromatic N) is 3. The van der Waals surface area contributed by atoms with Crippen molar-refractivity contribution in [3.8, 4) is 10.6 Å². The second-order valence-corrected chi connectivity index (χ2v) is 8.96. The van der Waals surface area contributed by atoms with Gasteiger partial charge in [-0.1, -0.05) is 37.3 Å². The molecule has 1 aromatic carbocycles. The molecule has 0 radical (unpaired) electrons. The normalized spacial score (nSPS) is 20.6. The van der Waals surface area contributed by atoms with Crippen LogP contribution in [0.2, 0.25) is 0 Å². The highest BCUT2D eigenvalue weighted by Crippen LogP contribution is 2.31. The average molecular weight is 398 g/mol. The number of aryl methyl sites for hydroxylation is 1. The van der Waals surface area contributed by atoms with Crippen LogP contribution in [-0.2, 0) is 4.79 Å². The van der Waals surface area contributed by atoms with Crippen LogP contribution in [0.15, 0.2) is 30.3 Å². The molecule has 0 spiro atoms. The number of carbonyl (C=O) groups excluding carboxylic acids is 2. The van der Waals surface area contributed by atoms with E-state index in [4.69, 9.17) is 0 Å². The molecule has 2 aliphatic rings. The van der Waals surface area contributed by atoms with Crippen molar-refractivity contribution in [2.75, 3.05) is 19.6 Å². The van der Waals surface area contributed by atoms with Gasteiger partial charge in [-0.25, -0.2) is 4.98 Å². The van der Waals surface area contributed by atoms with E-state index in [2.05, 4.69) is 11.9 Å². The summed E-state index contributed by atoms with van der Waals surface area (Å²) >= 11 is 1.43. The molecule has 2 aliphatic heterocycles. The molecule has 6 heteroatoms. The van der Waals surface area contributed by atoms with Crippen LogP contribution in [-0.4, -0.2) is 52.3 Å². The zero-order valence-corrected chi connectivity index (χ0v) is 17.4. The quantitative estimate of drug-likeness (QED) is 0.787. The minimum atomic E-state index is -0.317. The summed E-state index contributed by atoms with van der Waals surface area (Å²) < 4.78 is 0. The van der Waals surface area contributed by atoms with Gasteiger partial charge in [0, 0.05) is 25.2 Å². The Hall–Kier alpha value is -2.21. The second kappa shape index (κ2) is 8.03. The lowest BCUT2D eigenvalue weighted by Gasteiger charge is -2.34. The van der Waals surface area contributed by atoms with Crippen molar-refractivity contribution < 1.29 is 9.59 Å². The molecule has 4 rings (SSSR count). The van der Waals surface area contributed by atoms with Crippen molar-refractivity contribution in [1.29, 1.82) is 0 Å². The van der Waals surface area contributed by atoms with Crippen molar-refractivity contribution in [2.24, 2.45) is 5.92 Å². The smallest absolute Gasteiger partial charge is 0.266 e. The fraction of sp³-hybridized carbons (Fsp3) is 0.500. The topological polar surface area (TPSA) is 53.5 Å². The third-order valence-corrected chi connectivity index (χ3v) is 7.10. The van der Waals surface area contributed by atoms with Crippen molar-refractivity contribution in [3.63, 3.8) is 0 Å². The van der Waals surface area contributed by atoms with Gasteiger partial charge in [-0.2, -0.15) is 0 Å². The molecule has 0 unspecified atom stereocenters. The first-order valence-electron chi connectivity index (χ1n) is 10.2. The minimum Gasteiger partial charge on any atom is -0.341 e. The number of hydrogen-bond donors (Lipinski definition) is 0. The number of aromatic nitrogens is 1. The molecule has 2 amide bonds. The van der Waals surface area contributed by atoms with Gasteiger partial charge in [0.15, 0.2) is 0 Å². The van der Waals surface area contributed by atoms with Crippen LogP contribution in [0, 0.1) is 12.8 Å². The third-order valence-electron chi connectivity index (χ3n) is 5.91. The summed E-state index contributed by atoms with van der Waals surface area (Å²) in [6, 6.07) is 9.61. The molecule has 3 heterocycles. The Morgan fingerprint density at radius 1 is 1.07 bits per heavy atom. The van der Waals surface area contributed by atoms with E-state index >= 15 is 0 Å². The number of thiazole rings is 1. The maximum absolute atomic E-state index is 13.3. The van der Waals surface area contributed by atoms with Gasteiger partial charge in [0.25, 0.3) is 5.91 Å². The summed E-state index contributed by atoms with van der Waals surface area (Å²) in [5, 5.41) is 0.855. The Balaban J connectivity index is 1.52. The molecular weight excluding hydrogens is 370 g/mol. The Morgan fingerprint density at radius 2 is 1.79 bits per heavy atom. The predicted molar refractivity (Wildman–Crippen MR) is 111 cm³/mol. The highest BCUT2D eigenvalue weighted by atomic mass is 32.1. The largest absolute Gasteiger partial charge is 0.341 e. The van der Waals surface area contributed by atoms with Crippen molar-refractivity contribution in [1.82, 2.24) is 14.8 Å². The predicted octanol–water partition coefficient (Wildman–Crippen LogP) is 3.98. The molecule has 0 N–H and O–H groups in total. The van der Waals surface area contributed by atoms with E-state index in [0.29, 0.717) is 17.3 Å². The molecule has 2 fully saturated rings. The maximum atomic E-state index is 13.3. The summed E-state index contributed by atoms with van der Waals surface area (Å²) in [5.41, 5.74) is 1.77. The molecule has 2 saturated heterocycles. The van der Waals surface area contributed by atoms with Crippen LogP contribution < -0.4 is 0 Å². The fourth-order valence-electron chi connectivity index (χ4n) is 4.14. The second-order valence-electron chi connectivity index (χ2n) is 7.96. The molecular formula is C22H27N3O2S. The van der Waals surface area contributed by atoms with Crippen LogP contribution >= 0.6 is 11.3 Å².